The number of fused-ring (bicyclic) bond motifs is 1. The predicted octanol–water partition coefficient (Wildman–Crippen LogP) is 4.41. The summed E-state index contributed by atoms with van der Waals surface area (Å²) in [6, 6.07) is 2.76. The highest BCUT2D eigenvalue weighted by atomic mass is 32.5. The number of nitriles is 1. The van der Waals surface area contributed by atoms with E-state index in [4.69, 9.17) is 34.5 Å². The van der Waals surface area contributed by atoms with Crippen molar-refractivity contribution in [2.45, 2.75) is 114 Å². The third-order valence-corrected chi connectivity index (χ3v) is 18.8. The number of aromatic nitrogens is 6. The van der Waals surface area contributed by atoms with Crippen molar-refractivity contribution in [3.8, 4) is 6.07 Å². The van der Waals surface area contributed by atoms with E-state index in [9.17, 15) is 29.4 Å². The molecule has 1 amide bonds. The van der Waals surface area contributed by atoms with Crippen LogP contribution in [0.5, 0.6) is 0 Å². The Morgan fingerprint density at radius 2 is 2.00 bits per heavy atom. The molecular formula is C34H52FN9O10P2SSi. The third kappa shape index (κ3) is 10.6. The van der Waals surface area contributed by atoms with Gasteiger partial charge in [0.1, 0.15) is 36.6 Å². The first-order valence-corrected chi connectivity index (χ1v) is 25.7. The standard InChI is InChI=1S/C34H52FN9O10P2SSi/c1-19(2)30(46)42-33-41-29-25(31(47)43-33)39-18-44(29)32-27(26(22(16-45)52-32)54-58(6,7)34(3,4)5)53-56(57,50-13-8-11-36)51-14-10-20-15-21(24(35)28(20)55(48)49)40-23-9-12-37-17-38-23/h9,12,17-22,24,26-28,32,45,55H,8,10,13-16H2,1-7H3,(H,48,49)(H,37,38,40)(H2,41,42,43,46,47)/t20-,21+,22+,24+,26?,27+,28+,32+,56?/m0/s1. The Bertz CT molecular complexity index is 2070. The quantitative estimate of drug-likeness (QED) is 0.0673. The normalized spacial score (nSPS) is 26.7. The number of aromatic amines is 1. The Labute approximate surface area is 342 Å². The molecule has 24 heteroatoms. The van der Waals surface area contributed by atoms with Crippen LogP contribution >= 0.6 is 14.7 Å². The Hall–Kier alpha value is -3.06. The third-order valence-electron chi connectivity index (χ3n) is 10.6. The Kier molecular flexibility index (Phi) is 15.2. The lowest BCUT2D eigenvalue weighted by Gasteiger charge is -2.41. The van der Waals surface area contributed by atoms with Crippen molar-refractivity contribution in [3.05, 3.63) is 35.3 Å². The summed E-state index contributed by atoms with van der Waals surface area (Å²) in [7, 11) is -5.98. The van der Waals surface area contributed by atoms with Gasteiger partial charge in [0.2, 0.25) is 11.9 Å². The van der Waals surface area contributed by atoms with Crippen molar-refractivity contribution >= 4 is 63.7 Å². The zero-order valence-corrected chi connectivity index (χ0v) is 37.0. The predicted molar refractivity (Wildman–Crippen MR) is 218 cm³/mol. The highest BCUT2D eigenvalue weighted by Crippen LogP contribution is 2.56. The number of ether oxygens (including phenoxy) is 1. The van der Waals surface area contributed by atoms with Crippen molar-refractivity contribution in [2.75, 3.05) is 30.5 Å². The number of hydrogen-bond donors (Lipinski definition) is 5. The van der Waals surface area contributed by atoms with E-state index in [2.05, 4.69) is 35.6 Å². The molecule has 2 aliphatic rings. The van der Waals surface area contributed by atoms with E-state index in [0.717, 1.165) is 0 Å². The van der Waals surface area contributed by atoms with E-state index >= 15 is 4.39 Å². The van der Waals surface area contributed by atoms with Crippen LogP contribution in [0.25, 0.3) is 11.2 Å². The van der Waals surface area contributed by atoms with E-state index < -0.39 is 95.4 Å². The van der Waals surface area contributed by atoms with Crippen molar-refractivity contribution < 1.29 is 46.5 Å². The summed E-state index contributed by atoms with van der Waals surface area (Å²) < 4.78 is 61.7. The maximum atomic E-state index is 15.7. The summed E-state index contributed by atoms with van der Waals surface area (Å²) in [5.41, 5.74) is -1.87. The second-order valence-electron chi connectivity index (χ2n) is 16.0. The number of anilines is 2. The number of nitrogens with one attached hydrogen (secondary N) is 3. The molecule has 1 saturated heterocycles. The van der Waals surface area contributed by atoms with E-state index in [1.165, 1.54) is 23.4 Å². The molecule has 5 rings (SSSR count). The monoisotopic (exact) mass is 887 g/mol. The van der Waals surface area contributed by atoms with Gasteiger partial charge in [0.05, 0.1) is 50.3 Å². The summed E-state index contributed by atoms with van der Waals surface area (Å²) in [6.07, 6.45) is -1.71. The van der Waals surface area contributed by atoms with Gasteiger partial charge in [-0.25, -0.2) is 19.3 Å². The summed E-state index contributed by atoms with van der Waals surface area (Å²) in [5, 5.41) is 25.3. The molecule has 1 aliphatic heterocycles. The molecule has 3 aromatic rings. The van der Waals surface area contributed by atoms with Crippen LogP contribution in [0.2, 0.25) is 18.1 Å². The Morgan fingerprint density at radius 1 is 1.28 bits per heavy atom. The van der Waals surface area contributed by atoms with E-state index in [1.54, 1.807) is 19.9 Å². The van der Waals surface area contributed by atoms with E-state index in [0.29, 0.717) is 5.82 Å². The average molecular weight is 888 g/mol. The van der Waals surface area contributed by atoms with Crippen molar-refractivity contribution in [3.63, 3.8) is 0 Å². The van der Waals surface area contributed by atoms with Gasteiger partial charge >= 0.3 is 6.72 Å². The highest BCUT2D eigenvalue weighted by molar-refractivity contribution is 8.07. The number of rotatable bonds is 18. The minimum absolute atomic E-state index is 0.0168. The summed E-state index contributed by atoms with van der Waals surface area (Å²) in [5.74, 6) is -1.17. The smallest absolute Gasteiger partial charge is 0.327 e. The number of imidazole rings is 1. The fourth-order valence-corrected chi connectivity index (χ4v) is 11.1. The summed E-state index contributed by atoms with van der Waals surface area (Å²) in [6.45, 7) is 8.73. The molecule has 19 nitrogen and oxygen atoms in total. The number of carbonyl (C=O) groups is 1. The number of alkyl halides is 1. The molecular weight excluding hydrogens is 836 g/mol. The molecule has 5 N–H and O–H groups in total. The van der Waals surface area contributed by atoms with Crippen LogP contribution in [0, 0.1) is 23.2 Å². The molecule has 58 heavy (non-hydrogen) atoms. The lowest BCUT2D eigenvalue weighted by Crippen LogP contribution is -2.50. The number of aliphatic hydroxyl groups is 1. The number of hydrogen-bond acceptors (Lipinski definition) is 16. The topological polar surface area (TPSA) is 258 Å². The van der Waals surface area contributed by atoms with E-state index in [-0.39, 0.29) is 54.6 Å². The molecule has 320 valence electrons. The SMILES string of the molecule is CC(C)C(=O)Nc1nc2c(ncn2[C@@H]2O[C@H](CO)C(O[Si](C)(C)C(C)(C)C)[C@H]2OP(=S)(OCCC#N)OCC[C@H]2C[C@@H](Nc3ccncn3)[C@@H](F)[C@@H]2[PH](=O)O)c(=O)[nH]1. The number of carbonyl (C=O) groups excluding carboxylic acids is 1. The first-order valence-electron chi connectivity index (χ1n) is 18.8. The van der Waals surface area contributed by atoms with Gasteiger partial charge < -0.3 is 33.5 Å². The second-order valence-corrected chi connectivity index (χ2v) is 25.1. The first kappa shape index (κ1) is 46.0. The first-order chi connectivity index (χ1) is 27.3. The lowest BCUT2D eigenvalue weighted by atomic mass is 10.0. The fourth-order valence-electron chi connectivity index (χ4n) is 6.50. The molecule has 4 heterocycles. The molecule has 3 aromatic heterocycles. The number of aliphatic hydroxyl groups excluding tert-OH is 1. The average Bonchev–Trinajstić information content (AvgIpc) is 3.81. The maximum absolute atomic E-state index is 15.7. The van der Waals surface area contributed by atoms with Crippen LogP contribution in [0.15, 0.2) is 29.7 Å². The molecule has 10 atom stereocenters. The number of nitrogens with zero attached hydrogens (tertiary/aromatic N) is 6. The summed E-state index contributed by atoms with van der Waals surface area (Å²) in [4.78, 5) is 55.1. The number of halogens is 1. The lowest BCUT2D eigenvalue weighted by molar-refractivity contribution is -0.118. The van der Waals surface area contributed by atoms with Gasteiger partial charge in [-0.1, -0.05) is 34.6 Å². The zero-order chi connectivity index (χ0) is 42.6. The van der Waals surface area contributed by atoms with Gasteiger partial charge in [0.15, 0.2) is 33.7 Å². The van der Waals surface area contributed by atoms with Gasteiger partial charge in [-0.3, -0.25) is 33.5 Å². The second kappa shape index (κ2) is 19.1. The fraction of sp³-hybridized carbons (Fsp3) is 0.676. The highest BCUT2D eigenvalue weighted by Gasteiger charge is 2.54. The number of H-pyrrole nitrogens is 1. The van der Waals surface area contributed by atoms with Gasteiger partial charge in [-0.15, -0.1) is 0 Å². The zero-order valence-electron chi connectivity index (χ0n) is 33.3. The van der Waals surface area contributed by atoms with Crippen LogP contribution in [0.3, 0.4) is 0 Å². The van der Waals surface area contributed by atoms with Gasteiger partial charge in [-0.2, -0.15) is 10.2 Å². The van der Waals surface area contributed by atoms with Crippen molar-refractivity contribution in [2.24, 2.45) is 11.8 Å². The largest absolute Gasteiger partial charge is 0.408 e. The van der Waals surface area contributed by atoms with Crippen molar-refractivity contribution in [1.82, 2.24) is 29.5 Å². The van der Waals surface area contributed by atoms with Crippen molar-refractivity contribution in [1.29, 1.82) is 5.26 Å². The van der Waals surface area contributed by atoms with Crippen LogP contribution in [-0.4, -0.2) is 110 Å². The molecule has 2 fully saturated rings. The number of amides is 1. The Balaban J connectivity index is 1.48. The van der Waals surface area contributed by atoms with Gasteiger partial charge in [-0.05, 0) is 54.8 Å². The van der Waals surface area contributed by atoms with Crippen LogP contribution in [0.1, 0.15) is 60.1 Å². The van der Waals surface area contributed by atoms with Gasteiger partial charge in [0.25, 0.3) is 5.56 Å². The molecule has 1 aliphatic carbocycles. The minimum atomic E-state index is -3.89. The van der Waals surface area contributed by atoms with Gasteiger partial charge in [0, 0.05) is 12.1 Å². The molecule has 1 saturated carbocycles. The van der Waals surface area contributed by atoms with Crippen LogP contribution in [-0.2, 0) is 43.9 Å². The van der Waals surface area contributed by atoms with Crippen LogP contribution in [0.4, 0.5) is 16.2 Å². The Morgan fingerprint density at radius 3 is 2.62 bits per heavy atom. The molecule has 0 spiro atoms. The molecule has 0 aromatic carbocycles. The summed E-state index contributed by atoms with van der Waals surface area (Å²) >= 11 is 5.96. The maximum Gasteiger partial charge on any atom is 0.327 e. The molecule has 0 radical (unpaired) electrons. The minimum Gasteiger partial charge on any atom is -0.408 e. The molecule has 0 bridgehead atoms. The van der Waals surface area contributed by atoms with E-state index in [1.807, 2.05) is 39.9 Å². The molecule has 3 unspecified atom stereocenters. The van der Waals surface area contributed by atoms with Crippen LogP contribution < -0.4 is 16.2 Å².